The summed E-state index contributed by atoms with van der Waals surface area (Å²) < 4.78 is 30.5. The zero-order valence-electron chi connectivity index (χ0n) is 13.0. The number of alkyl halides is 2. The van der Waals surface area contributed by atoms with Gasteiger partial charge in [0.05, 0.1) is 18.8 Å². The van der Waals surface area contributed by atoms with E-state index in [0.29, 0.717) is 25.0 Å². The number of hydrogen-bond acceptors (Lipinski definition) is 3. The number of pyridine rings is 1. The highest BCUT2D eigenvalue weighted by atomic mass is 19.3. The molecule has 2 heterocycles. The monoisotopic (exact) mass is 298 g/mol. The number of nitrogens with zero attached hydrogens (tertiary/aromatic N) is 2. The molecule has 2 rings (SSSR count). The Morgan fingerprint density at radius 2 is 2.14 bits per heavy atom. The largest absolute Gasteiger partial charge is 0.381 e. The summed E-state index contributed by atoms with van der Waals surface area (Å²) in [5.74, 6) is 0.673. The predicted molar refractivity (Wildman–Crippen MR) is 78.8 cm³/mol. The van der Waals surface area contributed by atoms with Crippen LogP contribution >= 0.6 is 0 Å². The summed E-state index contributed by atoms with van der Waals surface area (Å²) in [6.07, 6.45) is -1.34. The maximum atomic E-state index is 12.5. The number of halogens is 2. The summed E-state index contributed by atoms with van der Waals surface area (Å²) in [5.41, 5.74) is 3.08. The van der Waals surface area contributed by atoms with E-state index in [2.05, 4.69) is 26.0 Å². The van der Waals surface area contributed by atoms with Gasteiger partial charge in [-0.2, -0.15) is 0 Å². The van der Waals surface area contributed by atoms with Crippen molar-refractivity contribution in [2.24, 2.45) is 0 Å². The van der Waals surface area contributed by atoms with Crippen LogP contribution in [0.2, 0.25) is 0 Å². The first kappa shape index (κ1) is 16.3. The lowest BCUT2D eigenvalue weighted by atomic mass is 9.95. The van der Waals surface area contributed by atoms with E-state index < -0.39 is 6.43 Å². The van der Waals surface area contributed by atoms with Gasteiger partial charge in [-0.15, -0.1) is 0 Å². The van der Waals surface area contributed by atoms with Crippen LogP contribution < -0.4 is 0 Å². The summed E-state index contributed by atoms with van der Waals surface area (Å²) >= 11 is 0. The van der Waals surface area contributed by atoms with E-state index in [1.54, 1.807) is 11.9 Å². The third-order valence-corrected chi connectivity index (χ3v) is 3.86. The SMILES string of the molecule is CC(C)c1ccc([C@H]2CCOC2)c(CN(C)CC(F)F)n1. The molecule has 0 bridgehead atoms. The molecule has 0 N–H and O–H groups in total. The molecule has 5 heteroatoms. The second kappa shape index (κ2) is 7.27. The standard InChI is InChI=1S/C16H24F2N2O/c1-11(2)14-5-4-13(12-6-7-21-10-12)15(19-14)8-20(3)9-16(17)18/h4-5,11-12,16H,6-10H2,1-3H3/t12-/m0/s1. The Kier molecular flexibility index (Phi) is 5.65. The second-order valence-corrected chi connectivity index (χ2v) is 6.08. The van der Waals surface area contributed by atoms with Crippen LogP contribution in [-0.2, 0) is 11.3 Å². The Labute approximate surface area is 125 Å². The van der Waals surface area contributed by atoms with Crippen molar-refractivity contribution >= 4 is 0 Å². The number of hydrogen-bond donors (Lipinski definition) is 0. The molecule has 0 spiro atoms. The topological polar surface area (TPSA) is 25.4 Å². The molecule has 0 radical (unpaired) electrons. The van der Waals surface area contributed by atoms with E-state index in [9.17, 15) is 8.78 Å². The molecule has 0 aliphatic carbocycles. The van der Waals surface area contributed by atoms with E-state index in [1.165, 1.54) is 0 Å². The van der Waals surface area contributed by atoms with Gasteiger partial charge in [0.2, 0.25) is 0 Å². The zero-order chi connectivity index (χ0) is 15.4. The van der Waals surface area contributed by atoms with Crippen LogP contribution in [0.3, 0.4) is 0 Å². The molecule has 0 saturated carbocycles. The lowest BCUT2D eigenvalue weighted by Gasteiger charge is -2.21. The van der Waals surface area contributed by atoms with Gasteiger partial charge in [-0.3, -0.25) is 9.88 Å². The highest BCUT2D eigenvalue weighted by Gasteiger charge is 2.23. The Bertz CT molecular complexity index is 460. The molecule has 1 aromatic heterocycles. The van der Waals surface area contributed by atoms with Crippen LogP contribution in [0.1, 0.15) is 49.1 Å². The lowest BCUT2D eigenvalue weighted by Crippen LogP contribution is -2.26. The van der Waals surface area contributed by atoms with E-state index in [1.807, 2.05) is 0 Å². The maximum absolute atomic E-state index is 12.5. The molecule has 118 valence electrons. The maximum Gasteiger partial charge on any atom is 0.251 e. The van der Waals surface area contributed by atoms with Gasteiger partial charge >= 0.3 is 0 Å². The fraction of sp³-hybridized carbons (Fsp3) is 0.688. The van der Waals surface area contributed by atoms with E-state index in [-0.39, 0.29) is 6.54 Å². The van der Waals surface area contributed by atoms with Gasteiger partial charge in [-0.25, -0.2) is 8.78 Å². The van der Waals surface area contributed by atoms with Crippen LogP contribution in [-0.4, -0.2) is 43.1 Å². The van der Waals surface area contributed by atoms with Crippen LogP contribution in [0.25, 0.3) is 0 Å². The summed E-state index contributed by atoms with van der Waals surface area (Å²) in [5, 5.41) is 0. The smallest absolute Gasteiger partial charge is 0.251 e. The van der Waals surface area contributed by atoms with Gasteiger partial charge < -0.3 is 4.74 Å². The van der Waals surface area contributed by atoms with E-state index >= 15 is 0 Å². The highest BCUT2D eigenvalue weighted by Crippen LogP contribution is 2.29. The van der Waals surface area contributed by atoms with E-state index in [4.69, 9.17) is 9.72 Å². The van der Waals surface area contributed by atoms with Gasteiger partial charge in [-0.1, -0.05) is 19.9 Å². The molecule has 0 unspecified atom stereocenters. The second-order valence-electron chi connectivity index (χ2n) is 6.08. The van der Waals surface area contributed by atoms with Gasteiger partial charge in [0.25, 0.3) is 6.43 Å². The highest BCUT2D eigenvalue weighted by molar-refractivity contribution is 5.28. The van der Waals surface area contributed by atoms with Gasteiger partial charge in [0.15, 0.2) is 0 Å². The lowest BCUT2D eigenvalue weighted by molar-refractivity contribution is 0.0968. The quantitative estimate of drug-likeness (QED) is 0.805. The Hall–Kier alpha value is -1.07. The number of ether oxygens (including phenoxy) is 1. The average Bonchev–Trinajstić information content (AvgIpc) is 2.91. The van der Waals surface area contributed by atoms with Crippen molar-refractivity contribution in [3.05, 3.63) is 29.1 Å². The summed E-state index contributed by atoms with van der Waals surface area (Å²) in [4.78, 5) is 6.36. The van der Waals surface area contributed by atoms with Crippen molar-refractivity contribution < 1.29 is 13.5 Å². The molecule has 21 heavy (non-hydrogen) atoms. The predicted octanol–water partition coefficient (Wildman–Crippen LogP) is 3.41. The van der Waals surface area contributed by atoms with Crippen molar-refractivity contribution in [3.8, 4) is 0 Å². The van der Waals surface area contributed by atoms with Crippen molar-refractivity contribution in [1.29, 1.82) is 0 Å². The van der Waals surface area contributed by atoms with Crippen LogP contribution in [0.15, 0.2) is 12.1 Å². The molecule has 1 aliphatic heterocycles. The first-order chi connectivity index (χ1) is 9.97. The molecule has 1 saturated heterocycles. The van der Waals surface area contributed by atoms with Crippen molar-refractivity contribution in [1.82, 2.24) is 9.88 Å². The Morgan fingerprint density at radius 1 is 1.38 bits per heavy atom. The molecule has 1 atom stereocenters. The first-order valence-electron chi connectivity index (χ1n) is 7.51. The molecular weight excluding hydrogens is 274 g/mol. The van der Waals surface area contributed by atoms with Crippen LogP contribution in [0, 0.1) is 0 Å². The number of aromatic nitrogens is 1. The molecule has 3 nitrogen and oxygen atoms in total. The van der Waals surface area contributed by atoms with Crippen molar-refractivity contribution in [2.45, 2.75) is 45.1 Å². The zero-order valence-corrected chi connectivity index (χ0v) is 13.0. The van der Waals surface area contributed by atoms with Crippen LogP contribution in [0.5, 0.6) is 0 Å². The summed E-state index contributed by atoms with van der Waals surface area (Å²) in [6, 6.07) is 4.15. The van der Waals surface area contributed by atoms with Crippen LogP contribution in [0.4, 0.5) is 8.78 Å². The minimum absolute atomic E-state index is 0.228. The van der Waals surface area contributed by atoms with E-state index in [0.717, 1.165) is 30.0 Å². The molecule has 1 fully saturated rings. The Balaban J connectivity index is 2.22. The number of rotatable bonds is 6. The average molecular weight is 298 g/mol. The third-order valence-electron chi connectivity index (χ3n) is 3.86. The molecule has 0 amide bonds. The molecule has 1 aliphatic rings. The Morgan fingerprint density at radius 3 is 2.71 bits per heavy atom. The minimum atomic E-state index is -2.32. The fourth-order valence-corrected chi connectivity index (χ4v) is 2.68. The first-order valence-corrected chi connectivity index (χ1v) is 7.51. The van der Waals surface area contributed by atoms with Crippen molar-refractivity contribution in [2.75, 3.05) is 26.8 Å². The van der Waals surface area contributed by atoms with Gasteiger partial charge in [0.1, 0.15) is 0 Å². The van der Waals surface area contributed by atoms with Gasteiger partial charge in [0, 0.05) is 24.8 Å². The third kappa shape index (κ3) is 4.45. The fourth-order valence-electron chi connectivity index (χ4n) is 2.68. The van der Waals surface area contributed by atoms with Gasteiger partial charge in [-0.05, 0) is 31.0 Å². The molecular formula is C16H24F2N2O. The minimum Gasteiger partial charge on any atom is -0.381 e. The molecule has 1 aromatic rings. The summed E-state index contributed by atoms with van der Waals surface area (Å²) in [7, 11) is 1.71. The normalized spacial score (nSPS) is 19.1. The van der Waals surface area contributed by atoms with Crippen molar-refractivity contribution in [3.63, 3.8) is 0 Å². The molecule has 0 aromatic carbocycles. The summed E-state index contributed by atoms with van der Waals surface area (Å²) in [6.45, 7) is 5.88.